The lowest BCUT2D eigenvalue weighted by atomic mass is 10.1. The minimum Gasteiger partial charge on any atom is -0.494 e. The molecule has 0 N–H and O–H groups in total. The number of nitrogens with zero attached hydrogens (tertiary/aromatic N) is 1. The summed E-state index contributed by atoms with van der Waals surface area (Å²) in [6.45, 7) is 0. The Bertz CT molecular complexity index is 1330. The number of rotatable bonds is 5. The third-order valence-corrected chi connectivity index (χ3v) is 5.23. The van der Waals surface area contributed by atoms with Crippen LogP contribution in [-0.2, 0) is 0 Å². The monoisotopic (exact) mass is 455 g/mol. The largest absolute Gasteiger partial charge is 0.494 e. The lowest BCUT2D eigenvalue weighted by molar-refractivity contribution is 0.355. The highest BCUT2D eigenvalue weighted by molar-refractivity contribution is 6.31. The van der Waals surface area contributed by atoms with E-state index in [4.69, 9.17) is 46.8 Å². The molecule has 4 aromatic rings. The van der Waals surface area contributed by atoms with Gasteiger partial charge in [-0.3, -0.25) is 0 Å². The molecule has 0 aliphatic rings. The fraction of sp³-hybridized carbons (Fsp3) is 0.125. The summed E-state index contributed by atoms with van der Waals surface area (Å²) in [5, 5.41) is 2.56. The molecule has 0 saturated heterocycles. The van der Waals surface area contributed by atoms with Crippen molar-refractivity contribution in [2.45, 2.75) is 0 Å². The van der Waals surface area contributed by atoms with Crippen LogP contribution in [0.5, 0.6) is 17.2 Å². The molecule has 0 aliphatic carbocycles. The van der Waals surface area contributed by atoms with Crippen molar-refractivity contribution in [3.63, 3.8) is 0 Å². The number of hydrogen-bond acceptors (Lipinski definition) is 5. The highest BCUT2D eigenvalue weighted by atomic mass is 35.5. The molecule has 0 spiro atoms. The van der Waals surface area contributed by atoms with Gasteiger partial charge in [-0.25, -0.2) is 4.99 Å². The summed E-state index contributed by atoms with van der Waals surface area (Å²) in [5.41, 5.74) is 2.04. The van der Waals surface area contributed by atoms with Crippen LogP contribution in [0.15, 0.2) is 70.1 Å². The van der Waals surface area contributed by atoms with Crippen LogP contribution in [0.1, 0.15) is 0 Å². The van der Waals surface area contributed by atoms with Crippen LogP contribution in [-0.4, -0.2) is 21.3 Å². The average Bonchev–Trinajstić information content (AvgIpc) is 2.79. The molecule has 0 unspecified atom stereocenters. The molecule has 0 atom stereocenters. The fourth-order valence-corrected chi connectivity index (χ4v) is 3.58. The molecule has 0 amide bonds. The van der Waals surface area contributed by atoms with E-state index in [1.807, 2.05) is 36.4 Å². The number of methoxy groups -OCH3 is 3. The van der Waals surface area contributed by atoms with E-state index >= 15 is 0 Å². The van der Waals surface area contributed by atoms with Crippen LogP contribution in [0.3, 0.4) is 0 Å². The van der Waals surface area contributed by atoms with Gasteiger partial charge in [0, 0.05) is 27.1 Å². The summed E-state index contributed by atoms with van der Waals surface area (Å²) in [7, 11) is 4.77. The van der Waals surface area contributed by atoms with E-state index in [2.05, 4.69) is 0 Å². The number of ether oxygens (including phenoxy) is 3. The smallest absolute Gasteiger partial charge is 0.161 e. The summed E-state index contributed by atoms with van der Waals surface area (Å²) < 4.78 is 22.4. The van der Waals surface area contributed by atoms with Crippen molar-refractivity contribution in [3.05, 3.63) is 76.1 Å². The summed E-state index contributed by atoms with van der Waals surface area (Å²) in [4.78, 5) is 4.82. The average molecular weight is 456 g/mol. The Morgan fingerprint density at radius 2 is 1.39 bits per heavy atom. The molecule has 5 nitrogen and oxygen atoms in total. The van der Waals surface area contributed by atoms with E-state index in [1.54, 1.807) is 45.6 Å². The molecule has 0 saturated carbocycles. The van der Waals surface area contributed by atoms with Gasteiger partial charge in [-0.2, -0.15) is 0 Å². The third kappa shape index (κ3) is 4.33. The number of fused-ring (bicyclic) bond motifs is 1. The van der Waals surface area contributed by atoms with Crippen LogP contribution >= 0.6 is 23.2 Å². The van der Waals surface area contributed by atoms with Crippen LogP contribution in [0.2, 0.25) is 10.0 Å². The Balaban J connectivity index is 1.99. The SMILES string of the molecule is COc1ccc(Cl)cc1N=c1cc(-c2ccc(OC)c(OC)c2)oc2ccc(Cl)cc12. The zero-order chi connectivity index (χ0) is 22.0. The van der Waals surface area contributed by atoms with Crippen LogP contribution in [0.4, 0.5) is 5.69 Å². The molecule has 0 fully saturated rings. The first-order chi connectivity index (χ1) is 15.0. The first-order valence-corrected chi connectivity index (χ1v) is 10.1. The first kappa shape index (κ1) is 21.1. The predicted octanol–water partition coefficient (Wildman–Crippen LogP) is 6.66. The molecule has 158 valence electrons. The molecule has 7 heteroatoms. The van der Waals surface area contributed by atoms with Gasteiger partial charge in [0.15, 0.2) is 11.5 Å². The van der Waals surface area contributed by atoms with E-state index < -0.39 is 0 Å². The minimum absolute atomic E-state index is 0.558. The van der Waals surface area contributed by atoms with Crippen molar-refractivity contribution < 1.29 is 18.6 Å². The van der Waals surface area contributed by atoms with Crippen LogP contribution in [0.25, 0.3) is 22.3 Å². The zero-order valence-electron chi connectivity index (χ0n) is 17.1. The minimum atomic E-state index is 0.558. The summed E-state index contributed by atoms with van der Waals surface area (Å²) >= 11 is 12.4. The molecule has 3 aromatic carbocycles. The third-order valence-electron chi connectivity index (χ3n) is 4.76. The zero-order valence-corrected chi connectivity index (χ0v) is 18.6. The van der Waals surface area contributed by atoms with Gasteiger partial charge in [0.1, 0.15) is 22.8 Å². The molecule has 0 aliphatic heterocycles. The molecule has 0 radical (unpaired) electrons. The van der Waals surface area contributed by atoms with E-state index in [0.29, 0.717) is 49.7 Å². The second-order valence-electron chi connectivity index (χ2n) is 6.63. The Morgan fingerprint density at radius 1 is 0.710 bits per heavy atom. The van der Waals surface area contributed by atoms with Crippen LogP contribution < -0.4 is 19.6 Å². The molecule has 0 bridgehead atoms. The van der Waals surface area contributed by atoms with E-state index in [0.717, 1.165) is 10.9 Å². The predicted molar refractivity (Wildman–Crippen MR) is 123 cm³/mol. The number of hydrogen-bond donors (Lipinski definition) is 0. The van der Waals surface area contributed by atoms with E-state index in [9.17, 15) is 0 Å². The van der Waals surface area contributed by atoms with Gasteiger partial charge in [-0.15, -0.1) is 0 Å². The Kier molecular flexibility index (Phi) is 6.07. The molecule has 1 aromatic heterocycles. The number of benzene rings is 3. The van der Waals surface area contributed by atoms with Gasteiger partial charge in [0.2, 0.25) is 0 Å². The number of halogens is 2. The maximum atomic E-state index is 6.25. The second-order valence-corrected chi connectivity index (χ2v) is 7.51. The molecular formula is C24H19Cl2NO4. The normalized spacial score (nSPS) is 11.6. The van der Waals surface area contributed by atoms with Gasteiger partial charge in [-0.05, 0) is 54.6 Å². The summed E-state index contributed by atoms with van der Waals surface area (Å²) in [6, 6.07) is 18.1. The summed E-state index contributed by atoms with van der Waals surface area (Å²) in [6.07, 6.45) is 0. The molecular weight excluding hydrogens is 437 g/mol. The maximum Gasteiger partial charge on any atom is 0.161 e. The van der Waals surface area contributed by atoms with Gasteiger partial charge in [0.25, 0.3) is 0 Å². The quantitative estimate of drug-likeness (QED) is 0.337. The topological polar surface area (TPSA) is 53.2 Å². The maximum absolute atomic E-state index is 6.25. The van der Waals surface area contributed by atoms with Gasteiger partial charge >= 0.3 is 0 Å². The lowest BCUT2D eigenvalue weighted by Crippen LogP contribution is -2.04. The Labute approximate surface area is 189 Å². The van der Waals surface area contributed by atoms with Crippen molar-refractivity contribution in [2.24, 2.45) is 4.99 Å². The Hall–Kier alpha value is -3.15. The fourth-order valence-electron chi connectivity index (χ4n) is 3.25. The first-order valence-electron chi connectivity index (χ1n) is 9.36. The van der Waals surface area contributed by atoms with Crippen molar-refractivity contribution in [1.82, 2.24) is 0 Å². The van der Waals surface area contributed by atoms with Gasteiger partial charge < -0.3 is 18.6 Å². The molecule has 31 heavy (non-hydrogen) atoms. The standard InChI is InChI=1S/C24H19Cl2NO4/c1-28-21-9-6-16(26)12-19(21)27-18-13-23(31-20-8-5-15(25)11-17(18)20)14-4-7-22(29-2)24(10-14)30-3/h4-13H,1-3H3. The van der Waals surface area contributed by atoms with Crippen molar-refractivity contribution in [3.8, 4) is 28.6 Å². The van der Waals surface area contributed by atoms with E-state index in [-0.39, 0.29) is 0 Å². The van der Waals surface area contributed by atoms with Crippen molar-refractivity contribution >= 4 is 39.9 Å². The van der Waals surface area contributed by atoms with Crippen molar-refractivity contribution in [2.75, 3.05) is 21.3 Å². The van der Waals surface area contributed by atoms with Gasteiger partial charge in [0.05, 0.1) is 26.7 Å². The second kappa shape index (κ2) is 8.92. The Morgan fingerprint density at radius 3 is 2.13 bits per heavy atom. The molecule has 1 heterocycles. The highest BCUT2D eigenvalue weighted by Gasteiger charge is 2.11. The van der Waals surface area contributed by atoms with Gasteiger partial charge in [-0.1, -0.05) is 23.2 Å². The highest BCUT2D eigenvalue weighted by Crippen LogP contribution is 2.34. The van der Waals surface area contributed by atoms with Crippen molar-refractivity contribution in [1.29, 1.82) is 0 Å². The van der Waals surface area contributed by atoms with Crippen LogP contribution in [0, 0.1) is 0 Å². The molecule has 4 rings (SSSR count). The lowest BCUT2D eigenvalue weighted by Gasteiger charge is -2.10. The van der Waals surface area contributed by atoms with E-state index in [1.165, 1.54) is 0 Å². The summed E-state index contributed by atoms with van der Waals surface area (Å²) in [5.74, 6) is 2.44.